The molecule has 0 fully saturated rings. The normalized spacial score (nSPS) is 11.3. The summed E-state index contributed by atoms with van der Waals surface area (Å²) in [6, 6.07) is 15.4. The molecule has 0 heterocycles. The van der Waals surface area contributed by atoms with Gasteiger partial charge in [0.25, 0.3) is 5.91 Å². The number of amides is 1. The van der Waals surface area contributed by atoms with Crippen molar-refractivity contribution in [3.8, 4) is 0 Å². The summed E-state index contributed by atoms with van der Waals surface area (Å²) < 4.78 is 42.0. The lowest BCUT2D eigenvalue weighted by Gasteiger charge is -2.12. The van der Waals surface area contributed by atoms with Crippen LogP contribution < -0.4 is 10.0 Å². The Balaban J connectivity index is 1.82. The zero-order chi connectivity index (χ0) is 21.9. The number of halogens is 2. The van der Waals surface area contributed by atoms with E-state index >= 15 is 0 Å². The molecule has 0 saturated heterocycles. The lowest BCUT2D eigenvalue weighted by atomic mass is 10.1. The smallest absolute Gasteiger partial charge is 0.258 e. The molecular formula is C22H20ClFN2O3S. The molecule has 0 saturated carbocycles. The van der Waals surface area contributed by atoms with Crippen LogP contribution in [0.5, 0.6) is 0 Å². The Morgan fingerprint density at radius 3 is 2.43 bits per heavy atom. The minimum absolute atomic E-state index is 0.0726. The summed E-state index contributed by atoms with van der Waals surface area (Å²) in [5.41, 5.74) is 2.49. The maximum absolute atomic E-state index is 14.3. The molecule has 1 amide bonds. The second-order valence-corrected chi connectivity index (χ2v) is 8.99. The fourth-order valence-corrected chi connectivity index (χ4v) is 3.96. The largest absolute Gasteiger partial charge is 0.322 e. The molecule has 0 aliphatic heterocycles. The lowest BCUT2D eigenvalue weighted by Crippen LogP contribution is -2.24. The average molecular weight is 447 g/mol. The first-order valence-electron chi connectivity index (χ1n) is 9.08. The second-order valence-electron chi connectivity index (χ2n) is 6.82. The molecule has 0 spiro atoms. The summed E-state index contributed by atoms with van der Waals surface area (Å²) in [5, 5.41) is 3.02. The van der Waals surface area contributed by atoms with Crippen LogP contribution in [-0.4, -0.2) is 14.3 Å². The van der Waals surface area contributed by atoms with E-state index in [1.807, 2.05) is 31.2 Å². The predicted molar refractivity (Wildman–Crippen MR) is 116 cm³/mol. The monoisotopic (exact) mass is 446 g/mol. The Morgan fingerprint density at radius 1 is 1.03 bits per heavy atom. The van der Waals surface area contributed by atoms with Crippen molar-refractivity contribution in [3.63, 3.8) is 0 Å². The van der Waals surface area contributed by atoms with Gasteiger partial charge in [-0.25, -0.2) is 17.5 Å². The maximum atomic E-state index is 14.3. The number of benzene rings is 3. The molecule has 0 aliphatic carbocycles. The van der Waals surface area contributed by atoms with Crippen molar-refractivity contribution in [1.82, 2.24) is 4.72 Å². The van der Waals surface area contributed by atoms with Crippen molar-refractivity contribution >= 4 is 33.2 Å². The number of aryl methyl sites for hydroxylation is 1. The van der Waals surface area contributed by atoms with Crippen molar-refractivity contribution < 1.29 is 17.6 Å². The van der Waals surface area contributed by atoms with Gasteiger partial charge in [-0.3, -0.25) is 4.79 Å². The Bertz CT molecular complexity index is 1200. The first-order chi connectivity index (χ1) is 14.2. The van der Waals surface area contributed by atoms with Crippen LogP contribution in [-0.2, 0) is 16.6 Å². The number of sulfonamides is 1. The van der Waals surface area contributed by atoms with Crippen LogP contribution in [0.25, 0.3) is 0 Å². The molecule has 0 bridgehead atoms. The van der Waals surface area contributed by atoms with E-state index < -0.39 is 21.7 Å². The number of hydrogen-bond acceptors (Lipinski definition) is 3. The topological polar surface area (TPSA) is 75.3 Å². The van der Waals surface area contributed by atoms with E-state index in [2.05, 4.69) is 10.0 Å². The third kappa shape index (κ3) is 5.05. The fraction of sp³-hybridized carbons (Fsp3) is 0.136. The third-order valence-corrected chi connectivity index (χ3v) is 6.40. The molecule has 3 aromatic rings. The summed E-state index contributed by atoms with van der Waals surface area (Å²) in [6.07, 6.45) is 0. The minimum atomic E-state index is -3.95. The summed E-state index contributed by atoms with van der Waals surface area (Å²) in [7, 11) is -3.95. The number of carbonyl (C=O) groups is 1. The van der Waals surface area contributed by atoms with Gasteiger partial charge in [0.15, 0.2) is 0 Å². The minimum Gasteiger partial charge on any atom is -0.322 e. The number of carbonyl (C=O) groups excluding carboxylic acids is 1. The molecule has 30 heavy (non-hydrogen) atoms. The van der Waals surface area contributed by atoms with Crippen molar-refractivity contribution in [1.29, 1.82) is 0 Å². The molecule has 0 atom stereocenters. The van der Waals surface area contributed by atoms with Gasteiger partial charge in [0.1, 0.15) is 5.82 Å². The standard InChI is InChI=1S/C22H20ClFN2O3S/c1-14-6-8-16(9-7-14)13-25-30(28,29)17-10-11-20(24)18(12-17)22(27)26-21-5-3-4-19(23)15(21)2/h3-12,25H,13H2,1-2H3,(H,26,27). The van der Waals surface area contributed by atoms with Gasteiger partial charge >= 0.3 is 0 Å². The second kappa shape index (κ2) is 8.95. The van der Waals surface area contributed by atoms with E-state index in [4.69, 9.17) is 11.6 Å². The fourth-order valence-electron chi connectivity index (χ4n) is 2.75. The molecule has 156 valence electrons. The van der Waals surface area contributed by atoms with Gasteiger partial charge in [-0.05, 0) is 55.3 Å². The maximum Gasteiger partial charge on any atom is 0.258 e. The van der Waals surface area contributed by atoms with Crippen LogP contribution in [0.1, 0.15) is 27.0 Å². The average Bonchev–Trinajstić information content (AvgIpc) is 2.71. The molecule has 3 rings (SSSR count). The van der Waals surface area contributed by atoms with Crippen molar-refractivity contribution in [2.45, 2.75) is 25.3 Å². The molecule has 0 aromatic heterocycles. The predicted octanol–water partition coefficient (Wildman–Crippen LogP) is 4.83. The highest BCUT2D eigenvalue weighted by Crippen LogP contribution is 2.24. The van der Waals surface area contributed by atoms with Gasteiger partial charge < -0.3 is 5.32 Å². The lowest BCUT2D eigenvalue weighted by molar-refractivity contribution is 0.102. The summed E-state index contributed by atoms with van der Waals surface area (Å²) in [4.78, 5) is 12.4. The highest BCUT2D eigenvalue weighted by molar-refractivity contribution is 7.89. The first kappa shape index (κ1) is 22.0. The summed E-state index contributed by atoms with van der Waals surface area (Å²) >= 11 is 6.04. The third-order valence-electron chi connectivity index (χ3n) is 4.60. The molecular weight excluding hydrogens is 427 g/mol. The zero-order valence-electron chi connectivity index (χ0n) is 16.4. The quantitative estimate of drug-likeness (QED) is 0.569. The molecule has 5 nitrogen and oxygen atoms in total. The molecule has 0 unspecified atom stereocenters. The van der Waals surface area contributed by atoms with Gasteiger partial charge in [0.2, 0.25) is 10.0 Å². The van der Waals surface area contributed by atoms with Crippen molar-refractivity contribution in [2.24, 2.45) is 0 Å². The van der Waals surface area contributed by atoms with Gasteiger partial charge in [0, 0.05) is 17.3 Å². The number of nitrogens with one attached hydrogen (secondary N) is 2. The van der Waals surface area contributed by atoms with Crippen LogP contribution in [0.15, 0.2) is 65.6 Å². The number of hydrogen-bond donors (Lipinski definition) is 2. The van der Waals surface area contributed by atoms with E-state index in [0.717, 1.165) is 29.3 Å². The van der Waals surface area contributed by atoms with E-state index in [1.54, 1.807) is 25.1 Å². The van der Waals surface area contributed by atoms with Crippen LogP contribution in [0.4, 0.5) is 10.1 Å². The Kier molecular flexibility index (Phi) is 6.55. The van der Waals surface area contributed by atoms with E-state index in [-0.39, 0.29) is 17.0 Å². The van der Waals surface area contributed by atoms with Crippen LogP contribution in [0.2, 0.25) is 5.02 Å². The van der Waals surface area contributed by atoms with Gasteiger partial charge in [-0.1, -0.05) is 47.5 Å². The summed E-state index contributed by atoms with van der Waals surface area (Å²) in [5.74, 6) is -1.60. The van der Waals surface area contributed by atoms with E-state index in [1.165, 1.54) is 0 Å². The van der Waals surface area contributed by atoms with Crippen molar-refractivity contribution in [3.05, 3.63) is 93.8 Å². The number of rotatable bonds is 6. The highest BCUT2D eigenvalue weighted by Gasteiger charge is 2.20. The van der Waals surface area contributed by atoms with E-state index in [9.17, 15) is 17.6 Å². The van der Waals surface area contributed by atoms with Crippen LogP contribution in [0.3, 0.4) is 0 Å². The van der Waals surface area contributed by atoms with Crippen LogP contribution in [0, 0.1) is 19.7 Å². The highest BCUT2D eigenvalue weighted by atomic mass is 35.5. The Labute approximate surface area is 179 Å². The zero-order valence-corrected chi connectivity index (χ0v) is 17.9. The molecule has 0 radical (unpaired) electrons. The Hall–Kier alpha value is -2.74. The van der Waals surface area contributed by atoms with Crippen molar-refractivity contribution in [2.75, 3.05) is 5.32 Å². The SMILES string of the molecule is Cc1ccc(CNS(=O)(=O)c2ccc(F)c(C(=O)Nc3cccc(Cl)c3C)c2)cc1. The van der Waals surface area contributed by atoms with E-state index in [0.29, 0.717) is 16.3 Å². The van der Waals surface area contributed by atoms with Gasteiger partial charge in [-0.15, -0.1) is 0 Å². The molecule has 0 aliphatic rings. The Morgan fingerprint density at radius 2 is 1.73 bits per heavy atom. The molecule has 2 N–H and O–H groups in total. The summed E-state index contributed by atoms with van der Waals surface area (Å²) in [6.45, 7) is 3.72. The molecule has 8 heteroatoms. The molecule has 3 aromatic carbocycles. The number of anilines is 1. The van der Waals surface area contributed by atoms with Gasteiger partial charge in [-0.2, -0.15) is 0 Å². The van der Waals surface area contributed by atoms with Crippen LogP contribution >= 0.6 is 11.6 Å². The van der Waals surface area contributed by atoms with Gasteiger partial charge in [0.05, 0.1) is 10.5 Å². The first-order valence-corrected chi connectivity index (χ1v) is 10.9.